The van der Waals surface area contributed by atoms with Gasteiger partial charge in [0.15, 0.2) is 0 Å². The molecule has 0 bridgehead atoms. The first-order valence-corrected chi connectivity index (χ1v) is 8.53. The molecule has 174 valence electrons. The largest absolute Gasteiger partial charge is 3.00 e. The zero-order chi connectivity index (χ0) is 25.3. The van der Waals surface area contributed by atoms with Gasteiger partial charge >= 0.3 is 17.4 Å². The van der Waals surface area contributed by atoms with Crippen LogP contribution in [0.15, 0.2) is 54.6 Å². The normalized spacial score (nSPS) is 9.18. The second-order valence-electron chi connectivity index (χ2n) is 5.97. The van der Waals surface area contributed by atoms with Gasteiger partial charge in [-0.15, -0.1) is 0 Å². The van der Waals surface area contributed by atoms with Crippen molar-refractivity contribution in [2.45, 2.75) is 0 Å². The minimum absolute atomic E-state index is 0. The van der Waals surface area contributed by atoms with E-state index in [0.717, 1.165) is 36.4 Å². The number of phenols is 6. The molecule has 0 spiro atoms. The Morgan fingerprint density at radius 3 is 0.824 bits per heavy atom. The van der Waals surface area contributed by atoms with Crippen molar-refractivity contribution in [1.29, 1.82) is 0 Å². The van der Waals surface area contributed by atoms with Gasteiger partial charge in [-0.2, -0.15) is 0 Å². The molecule has 0 aliphatic rings. The maximum Gasteiger partial charge on any atom is 3.00 e. The summed E-state index contributed by atoms with van der Waals surface area (Å²) in [7, 11) is 0. The summed E-state index contributed by atoms with van der Waals surface area (Å²) in [5.41, 5.74) is -1.24. The van der Waals surface area contributed by atoms with Crippen LogP contribution < -0.4 is 15.3 Å². The maximum atomic E-state index is 10.2. The van der Waals surface area contributed by atoms with Gasteiger partial charge in [-0.25, -0.2) is 0 Å². The summed E-state index contributed by atoms with van der Waals surface area (Å²) in [5, 5.41) is 83.5. The maximum absolute atomic E-state index is 10.2. The Kier molecular flexibility index (Phi) is 11.3. The van der Waals surface area contributed by atoms with Crippen molar-refractivity contribution in [1.82, 2.24) is 0 Å². The molecule has 3 rings (SSSR count). The number of aromatic hydroxyl groups is 6. The van der Waals surface area contributed by atoms with E-state index in [1.807, 2.05) is 0 Å². The van der Waals surface area contributed by atoms with Crippen LogP contribution in [0.3, 0.4) is 0 Å². The van der Waals surface area contributed by atoms with Crippen LogP contribution in [0.2, 0.25) is 0 Å². The van der Waals surface area contributed by atoms with Crippen molar-refractivity contribution >= 4 is 35.3 Å². The number of benzene rings is 3. The van der Waals surface area contributed by atoms with Gasteiger partial charge in [-0.05, 0) is 54.6 Å². The Morgan fingerprint density at radius 2 is 0.676 bits per heavy atom. The number of carboxylic acid groups (broad SMARTS) is 3. The van der Waals surface area contributed by atoms with Crippen molar-refractivity contribution in [2.24, 2.45) is 0 Å². The average molecular weight is 486 g/mol. The second kappa shape index (κ2) is 13.1. The number of aromatic carboxylic acids is 3. The third-order valence-electron chi connectivity index (χ3n) is 3.60. The van der Waals surface area contributed by atoms with E-state index in [9.17, 15) is 29.7 Å². The van der Waals surface area contributed by atoms with Crippen LogP contribution in [-0.4, -0.2) is 65.9 Å². The van der Waals surface area contributed by atoms with Gasteiger partial charge in [-0.3, -0.25) is 0 Å². The van der Waals surface area contributed by atoms with Crippen molar-refractivity contribution in [3.63, 3.8) is 0 Å². The van der Waals surface area contributed by atoms with Crippen LogP contribution in [0, 0.1) is 0 Å². The molecule has 3 aromatic carbocycles. The van der Waals surface area contributed by atoms with Crippen LogP contribution in [0.25, 0.3) is 0 Å². The fourth-order valence-electron chi connectivity index (χ4n) is 2.06. The average Bonchev–Trinajstić information content (AvgIpc) is 2.73. The Labute approximate surface area is 201 Å². The second-order valence-corrected chi connectivity index (χ2v) is 5.97. The summed E-state index contributed by atoms with van der Waals surface area (Å²) in [6.45, 7) is 0. The Morgan fingerprint density at radius 1 is 0.471 bits per heavy atom. The molecule has 0 atom stereocenters. The van der Waals surface area contributed by atoms with Crippen molar-refractivity contribution in [2.75, 3.05) is 0 Å². The van der Waals surface area contributed by atoms with Crippen LogP contribution in [0.5, 0.6) is 34.5 Å². The molecule has 13 heteroatoms. The first-order valence-electron chi connectivity index (χ1n) is 8.53. The first kappa shape index (κ1) is 29.4. The molecule has 0 aliphatic carbocycles. The molecular weight excluding hydrogens is 471 g/mol. The van der Waals surface area contributed by atoms with Gasteiger partial charge in [-0.1, -0.05) is 0 Å². The molecule has 0 amide bonds. The molecular formula is C21H15AlO12. The summed E-state index contributed by atoms with van der Waals surface area (Å²) in [6, 6.07) is 9.56. The molecule has 0 aliphatic heterocycles. The number of hydrogen-bond acceptors (Lipinski definition) is 12. The monoisotopic (exact) mass is 486 g/mol. The number of hydrogen-bond donors (Lipinski definition) is 6. The molecule has 0 fully saturated rings. The zero-order valence-corrected chi connectivity index (χ0v) is 18.1. The molecule has 0 saturated carbocycles. The fourth-order valence-corrected chi connectivity index (χ4v) is 2.06. The molecule has 0 saturated heterocycles. The third-order valence-corrected chi connectivity index (χ3v) is 3.60. The summed E-state index contributed by atoms with van der Waals surface area (Å²) in [6.07, 6.45) is 0. The Bertz CT molecular complexity index is 1030. The standard InChI is InChI=1S/3C7H6O4.Al/c3*8-4-1-2-6(9)5(3-4)7(10)11;/h3*1-3,8-9H,(H,10,11);/q;;;+3/p-3. The van der Waals surface area contributed by atoms with E-state index >= 15 is 0 Å². The van der Waals surface area contributed by atoms with E-state index in [1.165, 1.54) is 18.2 Å². The molecule has 12 nitrogen and oxygen atoms in total. The molecule has 0 aromatic heterocycles. The van der Waals surface area contributed by atoms with Gasteiger partial charge < -0.3 is 60.3 Å². The number of carboxylic acids is 3. The molecule has 34 heavy (non-hydrogen) atoms. The van der Waals surface area contributed by atoms with Gasteiger partial charge in [0, 0.05) is 16.7 Å². The van der Waals surface area contributed by atoms with Gasteiger partial charge in [0.2, 0.25) is 0 Å². The van der Waals surface area contributed by atoms with Crippen molar-refractivity contribution < 1.29 is 60.3 Å². The number of carbonyl (C=O) groups is 3. The van der Waals surface area contributed by atoms with Crippen LogP contribution in [0.1, 0.15) is 31.1 Å². The molecule has 0 unspecified atom stereocenters. The SMILES string of the molecule is O=C([O-])c1cc(O)ccc1O.O=C([O-])c1cc(O)ccc1O.O=C([O-])c1cc(O)ccc1O.[Al+3]. The number of carbonyl (C=O) groups excluding carboxylic acids is 3. The van der Waals surface area contributed by atoms with E-state index in [0.29, 0.717) is 0 Å². The minimum atomic E-state index is -1.52. The van der Waals surface area contributed by atoms with E-state index in [2.05, 4.69) is 0 Å². The van der Waals surface area contributed by atoms with E-state index in [1.54, 1.807) is 0 Å². The Hall–Kier alpha value is -4.60. The Balaban J connectivity index is 0.000000473. The van der Waals surface area contributed by atoms with Gasteiger partial charge in [0.05, 0.1) is 17.9 Å². The van der Waals surface area contributed by atoms with Crippen LogP contribution >= 0.6 is 0 Å². The molecule has 0 heterocycles. The van der Waals surface area contributed by atoms with Crippen molar-refractivity contribution in [3.05, 3.63) is 71.3 Å². The van der Waals surface area contributed by atoms with E-state index in [-0.39, 0.29) is 34.6 Å². The molecule has 0 radical (unpaired) electrons. The van der Waals surface area contributed by atoms with Crippen LogP contribution in [-0.2, 0) is 0 Å². The summed E-state index contributed by atoms with van der Waals surface area (Å²) in [4.78, 5) is 30.6. The first-order chi connectivity index (χ1) is 15.3. The summed E-state index contributed by atoms with van der Waals surface area (Å²) >= 11 is 0. The van der Waals surface area contributed by atoms with E-state index < -0.39 is 51.8 Å². The van der Waals surface area contributed by atoms with Crippen LogP contribution in [0.4, 0.5) is 0 Å². The van der Waals surface area contributed by atoms with Gasteiger partial charge in [0.1, 0.15) is 34.5 Å². The molecule has 3 aromatic rings. The topological polar surface area (TPSA) is 242 Å². The molecule has 6 N–H and O–H groups in total. The third kappa shape index (κ3) is 8.87. The fraction of sp³-hybridized carbons (Fsp3) is 0. The zero-order valence-electron chi connectivity index (χ0n) is 16.9. The van der Waals surface area contributed by atoms with E-state index in [4.69, 9.17) is 30.6 Å². The number of rotatable bonds is 3. The minimum Gasteiger partial charge on any atom is -0.545 e. The van der Waals surface area contributed by atoms with Gasteiger partial charge in [0.25, 0.3) is 0 Å². The summed E-state index contributed by atoms with van der Waals surface area (Å²) in [5.74, 6) is -6.45. The predicted molar refractivity (Wildman–Crippen MR) is 108 cm³/mol. The predicted octanol–water partition coefficient (Wildman–Crippen LogP) is -2.00. The summed E-state index contributed by atoms with van der Waals surface area (Å²) < 4.78 is 0. The van der Waals surface area contributed by atoms with Crippen molar-refractivity contribution in [3.8, 4) is 34.5 Å². The number of phenolic OH excluding ortho intramolecular Hbond substituents is 3. The quantitative estimate of drug-likeness (QED) is 0.174. The smallest absolute Gasteiger partial charge is 0.545 e.